The molecule has 2 aromatic rings. The summed E-state index contributed by atoms with van der Waals surface area (Å²) in [7, 11) is 0. The minimum absolute atomic E-state index is 0. The van der Waals surface area contributed by atoms with Crippen molar-refractivity contribution in [3.05, 3.63) is 94.4 Å². The molecule has 0 fully saturated rings. The molecule has 1 atom stereocenters. The van der Waals surface area contributed by atoms with Crippen LogP contribution >= 0.6 is 11.8 Å². The normalized spacial score (nSPS) is 16.4. The molecule has 5 heteroatoms. The molecule has 0 saturated heterocycles. The van der Waals surface area contributed by atoms with Gasteiger partial charge in [-0.2, -0.15) is 35.4 Å². The van der Waals surface area contributed by atoms with Crippen LogP contribution in [0.1, 0.15) is 19.4 Å². The van der Waals surface area contributed by atoms with Crippen LogP contribution in [0.25, 0.3) is 5.57 Å². The number of halogens is 2. The second-order valence-corrected chi connectivity index (χ2v) is 11.7. The molecular formula is C21H22Cl2SSiZr-2. The molecular weight excluding hydrogens is 475 g/mol. The minimum atomic E-state index is 0. The van der Waals surface area contributed by atoms with Crippen LogP contribution in [-0.2, 0) is 23.3 Å². The van der Waals surface area contributed by atoms with Gasteiger partial charge in [-0.15, -0.1) is 16.7 Å². The van der Waals surface area contributed by atoms with Crippen LogP contribution in [0, 0.1) is 6.08 Å². The molecule has 136 valence electrons. The second kappa shape index (κ2) is 13.9. The SMILES string of the molecule is CC1=CC2=C(c3ccccc3)C(C)SC2=[C-]1.C[SiH]=[Zr+2].[Cl-].[Cl-].c1cc[cH-]c1. The molecule has 1 aliphatic heterocycles. The zero-order valence-corrected chi connectivity index (χ0v) is 21.1. The van der Waals surface area contributed by atoms with Crippen LogP contribution in [0.15, 0.2) is 82.8 Å². The van der Waals surface area contributed by atoms with Crippen LogP contribution in [0.3, 0.4) is 0 Å². The van der Waals surface area contributed by atoms with E-state index in [-0.39, 0.29) is 24.8 Å². The number of hydrogen-bond acceptors (Lipinski definition) is 1. The van der Waals surface area contributed by atoms with Crippen molar-refractivity contribution in [3.8, 4) is 0 Å². The summed E-state index contributed by atoms with van der Waals surface area (Å²) in [5.74, 6) is 0. The van der Waals surface area contributed by atoms with Crippen molar-refractivity contribution in [3.63, 3.8) is 0 Å². The van der Waals surface area contributed by atoms with E-state index in [1.807, 2.05) is 42.1 Å². The van der Waals surface area contributed by atoms with E-state index in [0.29, 0.717) is 5.25 Å². The Balaban J connectivity index is 0.000000531. The first-order valence-electron chi connectivity index (χ1n) is 8.08. The van der Waals surface area contributed by atoms with Crippen molar-refractivity contribution in [2.75, 3.05) is 0 Å². The summed E-state index contributed by atoms with van der Waals surface area (Å²) >= 11 is 3.64. The largest absolute Gasteiger partial charge is 1.00 e. The van der Waals surface area contributed by atoms with Gasteiger partial charge in [0.1, 0.15) is 0 Å². The van der Waals surface area contributed by atoms with Crippen LogP contribution in [0.4, 0.5) is 0 Å². The predicted molar refractivity (Wildman–Crippen MR) is 106 cm³/mol. The average molecular weight is 497 g/mol. The molecule has 26 heavy (non-hydrogen) atoms. The van der Waals surface area contributed by atoms with Gasteiger partial charge in [-0.1, -0.05) is 42.8 Å². The maximum Gasteiger partial charge on any atom is -0.172 e. The van der Waals surface area contributed by atoms with Gasteiger partial charge in [0.05, 0.1) is 0 Å². The van der Waals surface area contributed by atoms with Crippen molar-refractivity contribution in [2.24, 2.45) is 0 Å². The Bertz CT molecular complexity index is 732. The van der Waals surface area contributed by atoms with E-state index in [4.69, 9.17) is 0 Å². The van der Waals surface area contributed by atoms with Gasteiger partial charge in [0.2, 0.25) is 0 Å². The maximum atomic E-state index is 3.43. The molecule has 0 radical (unpaired) electrons. The second-order valence-electron chi connectivity index (χ2n) is 5.49. The fourth-order valence-corrected chi connectivity index (χ4v) is 3.89. The third-order valence-electron chi connectivity index (χ3n) is 3.55. The van der Waals surface area contributed by atoms with E-state index >= 15 is 0 Å². The van der Waals surface area contributed by atoms with Crippen molar-refractivity contribution >= 4 is 23.5 Å². The maximum absolute atomic E-state index is 3.43. The molecule has 1 aliphatic carbocycles. The quantitative estimate of drug-likeness (QED) is 0.382. The fraction of sp³-hybridized carbons (Fsp3) is 0.190. The average Bonchev–Trinajstić information content (AvgIpc) is 3.28. The Morgan fingerprint density at radius 1 is 1.08 bits per heavy atom. The molecule has 0 saturated carbocycles. The molecule has 0 bridgehead atoms. The van der Waals surface area contributed by atoms with Gasteiger partial charge in [0, 0.05) is 5.25 Å². The van der Waals surface area contributed by atoms with E-state index in [1.54, 1.807) is 23.3 Å². The molecule has 1 heterocycles. The number of benzene rings is 1. The molecule has 0 aromatic heterocycles. The Morgan fingerprint density at radius 3 is 2.15 bits per heavy atom. The zero-order chi connectivity index (χ0) is 17.4. The number of thioether (sulfide) groups is 1. The third kappa shape index (κ3) is 7.44. The van der Waals surface area contributed by atoms with E-state index in [2.05, 4.69) is 62.9 Å². The first kappa shape index (κ1) is 25.8. The van der Waals surface area contributed by atoms with Crippen molar-refractivity contribution in [1.29, 1.82) is 0 Å². The summed E-state index contributed by atoms with van der Waals surface area (Å²) in [6.07, 6.45) is 6.53. The summed E-state index contributed by atoms with van der Waals surface area (Å²) < 4.78 is 0. The number of rotatable bonds is 1. The Labute approximate surface area is 190 Å². The number of fused-ring (bicyclic) bond motifs is 1. The first-order valence-corrected chi connectivity index (χ1v) is 14.9. The van der Waals surface area contributed by atoms with Crippen molar-refractivity contribution in [2.45, 2.75) is 25.6 Å². The topological polar surface area (TPSA) is 0 Å². The summed E-state index contributed by atoms with van der Waals surface area (Å²) in [6.45, 7) is 6.64. The van der Waals surface area contributed by atoms with Crippen LogP contribution in [0.5, 0.6) is 0 Å². The van der Waals surface area contributed by atoms with Gasteiger partial charge in [-0.3, -0.25) is 0 Å². The van der Waals surface area contributed by atoms with Crippen molar-refractivity contribution < 1.29 is 48.1 Å². The van der Waals surface area contributed by atoms with Crippen molar-refractivity contribution in [1.82, 2.24) is 0 Å². The van der Waals surface area contributed by atoms with Gasteiger partial charge >= 0.3 is 36.0 Å². The Morgan fingerprint density at radius 2 is 1.65 bits per heavy atom. The van der Waals surface area contributed by atoms with Crippen LogP contribution < -0.4 is 24.8 Å². The van der Waals surface area contributed by atoms with Crippen LogP contribution in [0.2, 0.25) is 6.55 Å². The van der Waals surface area contributed by atoms with E-state index in [0.717, 1.165) is 6.16 Å². The molecule has 0 spiro atoms. The molecule has 1 unspecified atom stereocenters. The molecule has 2 aliphatic rings. The van der Waals surface area contributed by atoms with Gasteiger partial charge in [-0.05, 0) is 12.5 Å². The monoisotopic (exact) mass is 494 g/mol. The first-order chi connectivity index (χ1) is 11.7. The molecule has 0 N–H and O–H groups in total. The van der Waals surface area contributed by atoms with Gasteiger partial charge in [0.25, 0.3) is 0 Å². The summed E-state index contributed by atoms with van der Waals surface area (Å²) in [5, 5.41) is 0.546. The summed E-state index contributed by atoms with van der Waals surface area (Å²) in [6, 6.07) is 20.7. The summed E-state index contributed by atoms with van der Waals surface area (Å²) in [4.78, 5) is 1.32. The Kier molecular flexibility index (Phi) is 13.8. The molecule has 4 rings (SSSR count). The Hall–Kier alpha value is -0.180. The third-order valence-corrected chi connectivity index (χ3v) is 4.69. The van der Waals surface area contributed by atoms with Gasteiger partial charge in [0.15, 0.2) is 0 Å². The minimum Gasteiger partial charge on any atom is -1.00 e. The zero-order valence-electron chi connectivity index (χ0n) is 15.2. The standard InChI is InChI=1S/C15H13S.C5H5.CH4Si.2ClH.Zr/c1-10-8-13-14(9-10)16-11(2)15(13)12-6-4-3-5-7-12;1-2-4-5-3-1;1-2;;;/h3-8,11H,1-2H3;1-5H;2H,1H3;2*1H;/q2*-1;;;;+2/p-2. The van der Waals surface area contributed by atoms with E-state index in [9.17, 15) is 0 Å². The van der Waals surface area contributed by atoms with Crippen LogP contribution in [-0.4, -0.2) is 11.4 Å². The van der Waals surface area contributed by atoms with Gasteiger partial charge < -0.3 is 24.8 Å². The van der Waals surface area contributed by atoms with Gasteiger partial charge in [-0.25, -0.2) is 18.2 Å². The number of hydrogen-bond donors (Lipinski definition) is 0. The molecule has 0 nitrogen and oxygen atoms in total. The predicted octanol–water partition coefficient (Wildman–Crippen LogP) is -0.431. The summed E-state index contributed by atoms with van der Waals surface area (Å²) in [5.41, 5.74) is 5.45. The smallest absolute Gasteiger partial charge is 0.172 e. The van der Waals surface area contributed by atoms with E-state index in [1.165, 1.54) is 27.2 Å². The molecule has 2 aromatic carbocycles. The van der Waals surface area contributed by atoms with E-state index < -0.39 is 0 Å². The molecule has 0 amide bonds. The fourth-order valence-electron chi connectivity index (χ4n) is 2.64. The number of allylic oxidation sites excluding steroid dienone is 4.